The minimum Gasteiger partial charge on any atom is -0.380 e. The third kappa shape index (κ3) is 5.34. The van der Waals surface area contributed by atoms with E-state index in [1.165, 1.54) is 5.56 Å². The zero-order chi connectivity index (χ0) is 10.9. The highest BCUT2D eigenvalue weighted by Gasteiger charge is 1.92. The zero-order valence-corrected chi connectivity index (χ0v) is 9.20. The number of hydrogen-bond acceptors (Lipinski definition) is 4. The number of rotatable bonds is 7. The Bertz CT molecular complexity index is 261. The van der Waals surface area contributed by atoms with Crippen LogP contribution >= 0.6 is 0 Å². The Morgan fingerprint density at radius 2 is 2.27 bits per heavy atom. The first-order valence-corrected chi connectivity index (χ1v) is 5.27. The minimum atomic E-state index is 0.590. The molecule has 0 bridgehead atoms. The van der Waals surface area contributed by atoms with Crippen LogP contribution in [0, 0.1) is 6.92 Å². The number of nitrogens with zero attached hydrogens (tertiary/aromatic N) is 1. The van der Waals surface area contributed by atoms with Gasteiger partial charge in [0.2, 0.25) is 0 Å². The van der Waals surface area contributed by atoms with Crippen molar-refractivity contribution >= 4 is 5.82 Å². The maximum Gasteiger partial charge on any atom is 0.125 e. The molecule has 0 atom stereocenters. The van der Waals surface area contributed by atoms with E-state index in [1.54, 1.807) is 0 Å². The molecule has 0 saturated heterocycles. The molecule has 0 aliphatic rings. The molecule has 15 heavy (non-hydrogen) atoms. The lowest BCUT2D eigenvalue weighted by atomic mass is 10.3. The van der Waals surface area contributed by atoms with Crippen molar-refractivity contribution in [2.45, 2.75) is 13.3 Å². The van der Waals surface area contributed by atoms with E-state index in [-0.39, 0.29) is 0 Å². The van der Waals surface area contributed by atoms with Gasteiger partial charge >= 0.3 is 0 Å². The highest BCUT2D eigenvalue weighted by atomic mass is 16.5. The van der Waals surface area contributed by atoms with Crippen LogP contribution in [0.15, 0.2) is 18.3 Å². The van der Waals surface area contributed by atoms with Gasteiger partial charge in [-0.2, -0.15) is 0 Å². The second-order valence-corrected chi connectivity index (χ2v) is 3.40. The van der Waals surface area contributed by atoms with E-state index in [9.17, 15) is 0 Å². The third-order valence-electron chi connectivity index (χ3n) is 1.95. The molecule has 0 radical (unpaired) electrons. The van der Waals surface area contributed by atoms with Crippen molar-refractivity contribution < 1.29 is 4.74 Å². The summed E-state index contributed by atoms with van der Waals surface area (Å²) in [6, 6.07) is 4.02. The molecule has 0 unspecified atom stereocenters. The lowest BCUT2D eigenvalue weighted by Gasteiger charge is -2.05. The summed E-state index contributed by atoms with van der Waals surface area (Å²) in [5, 5.41) is 3.23. The van der Waals surface area contributed by atoms with E-state index >= 15 is 0 Å². The molecule has 0 saturated carbocycles. The predicted molar refractivity (Wildman–Crippen MR) is 62.0 cm³/mol. The van der Waals surface area contributed by atoms with Gasteiger partial charge in [0.05, 0.1) is 6.61 Å². The van der Waals surface area contributed by atoms with Gasteiger partial charge < -0.3 is 15.8 Å². The topological polar surface area (TPSA) is 60.2 Å². The minimum absolute atomic E-state index is 0.590. The molecule has 0 aliphatic heterocycles. The molecule has 1 aromatic heterocycles. The van der Waals surface area contributed by atoms with E-state index in [4.69, 9.17) is 10.5 Å². The number of pyridine rings is 1. The Morgan fingerprint density at radius 3 is 2.93 bits per heavy atom. The summed E-state index contributed by atoms with van der Waals surface area (Å²) >= 11 is 0. The Hall–Kier alpha value is -1.13. The van der Waals surface area contributed by atoms with Crippen LogP contribution in [-0.2, 0) is 4.74 Å². The van der Waals surface area contributed by atoms with Gasteiger partial charge in [-0.25, -0.2) is 4.98 Å². The molecule has 1 heterocycles. The van der Waals surface area contributed by atoms with Crippen molar-refractivity contribution in [2.75, 3.05) is 31.6 Å². The molecule has 1 rings (SSSR count). The maximum atomic E-state index is 5.30. The molecular formula is C11H19N3O. The first-order chi connectivity index (χ1) is 7.33. The third-order valence-corrected chi connectivity index (χ3v) is 1.95. The Kier molecular flexibility index (Phi) is 5.73. The van der Waals surface area contributed by atoms with E-state index in [0.29, 0.717) is 13.2 Å². The Morgan fingerprint density at radius 1 is 1.40 bits per heavy atom. The molecule has 0 amide bonds. The molecule has 3 N–H and O–H groups in total. The van der Waals surface area contributed by atoms with Crippen molar-refractivity contribution in [1.29, 1.82) is 0 Å². The monoisotopic (exact) mass is 209 g/mol. The van der Waals surface area contributed by atoms with Gasteiger partial charge in [-0.05, 0) is 25.0 Å². The number of aryl methyl sites for hydroxylation is 1. The normalized spacial score (nSPS) is 10.3. The van der Waals surface area contributed by atoms with Gasteiger partial charge in [-0.3, -0.25) is 0 Å². The van der Waals surface area contributed by atoms with Crippen molar-refractivity contribution in [3.05, 3.63) is 23.9 Å². The molecule has 84 valence electrons. The van der Waals surface area contributed by atoms with Gasteiger partial charge in [0, 0.05) is 25.9 Å². The number of hydrogen-bond donors (Lipinski definition) is 2. The summed E-state index contributed by atoms with van der Waals surface area (Å²) in [6.45, 7) is 4.88. The first kappa shape index (κ1) is 11.9. The average molecular weight is 209 g/mol. The lowest BCUT2D eigenvalue weighted by Crippen LogP contribution is -2.11. The number of ether oxygens (including phenoxy) is 1. The van der Waals surface area contributed by atoms with E-state index in [2.05, 4.69) is 10.3 Å². The van der Waals surface area contributed by atoms with Crippen LogP contribution in [0.4, 0.5) is 5.82 Å². The molecule has 1 aromatic rings. The molecule has 0 aliphatic carbocycles. The van der Waals surface area contributed by atoms with Gasteiger partial charge in [-0.15, -0.1) is 0 Å². The second-order valence-electron chi connectivity index (χ2n) is 3.40. The van der Waals surface area contributed by atoms with Crippen molar-refractivity contribution in [1.82, 2.24) is 4.98 Å². The summed E-state index contributed by atoms with van der Waals surface area (Å²) in [7, 11) is 0. The van der Waals surface area contributed by atoms with E-state index in [1.807, 2.05) is 25.3 Å². The van der Waals surface area contributed by atoms with E-state index in [0.717, 1.165) is 25.4 Å². The molecule has 0 spiro atoms. The molecule has 4 nitrogen and oxygen atoms in total. The number of anilines is 1. The average Bonchev–Trinajstić information content (AvgIpc) is 2.26. The fraction of sp³-hybridized carbons (Fsp3) is 0.545. The highest BCUT2D eigenvalue weighted by Crippen LogP contribution is 2.03. The Balaban J connectivity index is 2.07. The standard InChI is InChI=1S/C11H19N3O/c1-10-3-4-11(14-9-10)13-6-2-7-15-8-5-12/h3-4,9H,2,5-8,12H2,1H3,(H,13,14). The van der Waals surface area contributed by atoms with Crippen LogP contribution < -0.4 is 11.1 Å². The van der Waals surface area contributed by atoms with Crippen LogP contribution in [0.25, 0.3) is 0 Å². The van der Waals surface area contributed by atoms with Crippen molar-refractivity contribution in [3.8, 4) is 0 Å². The fourth-order valence-electron chi connectivity index (χ4n) is 1.15. The zero-order valence-electron chi connectivity index (χ0n) is 9.20. The summed E-state index contributed by atoms with van der Waals surface area (Å²) in [6.07, 6.45) is 2.82. The first-order valence-electron chi connectivity index (χ1n) is 5.27. The van der Waals surface area contributed by atoms with Crippen LogP contribution in [0.3, 0.4) is 0 Å². The Labute approximate surface area is 90.8 Å². The maximum absolute atomic E-state index is 5.30. The van der Waals surface area contributed by atoms with Crippen LogP contribution in [-0.4, -0.2) is 31.3 Å². The van der Waals surface area contributed by atoms with Crippen LogP contribution in [0.2, 0.25) is 0 Å². The van der Waals surface area contributed by atoms with Gasteiger partial charge in [-0.1, -0.05) is 6.07 Å². The fourth-order valence-corrected chi connectivity index (χ4v) is 1.15. The van der Waals surface area contributed by atoms with Gasteiger partial charge in [0.25, 0.3) is 0 Å². The lowest BCUT2D eigenvalue weighted by molar-refractivity contribution is 0.141. The number of nitrogens with two attached hydrogens (primary N) is 1. The second kappa shape index (κ2) is 7.20. The largest absolute Gasteiger partial charge is 0.380 e. The molecule has 4 heteroatoms. The van der Waals surface area contributed by atoms with Crippen molar-refractivity contribution in [3.63, 3.8) is 0 Å². The van der Waals surface area contributed by atoms with Gasteiger partial charge in [0.15, 0.2) is 0 Å². The number of nitrogens with one attached hydrogen (secondary N) is 1. The van der Waals surface area contributed by atoms with Gasteiger partial charge in [0.1, 0.15) is 5.82 Å². The smallest absolute Gasteiger partial charge is 0.125 e. The molecule has 0 aromatic carbocycles. The van der Waals surface area contributed by atoms with Crippen LogP contribution in [0.1, 0.15) is 12.0 Å². The molecular weight excluding hydrogens is 190 g/mol. The molecule has 0 fully saturated rings. The predicted octanol–water partition coefficient (Wildman–Crippen LogP) is 1.17. The summed E-state index contributed by atoms with van der Waals surface area (Å²) in [5.74, 6) is 0.916. The summed E-state index contributed by atoms with van der Waals surface area (Å²) in [5.41, 5.74) is 6.47. The van der Waals surface area contributed by atoms with E-state index < -0.39 is 0 Å². The summed E-state index contributed by atoms with van der Waals surface area (Å²) < 4.78 is 5.25. The van der Waals surface area contributed by atoms with Crippen molar-refractivity contribution in [2.24, 2.45) is 5.73 Å². The highest BCUT2D eigenvalue weighted by molar-refractivity contribution is 5.34. The number of aromatic nitrogens is 1. The SMILES string of the molecule is Cc1ccc(NCCCOCCN)nc1. The van der Waals surface area contributed by atoms with Crippen LogP contribution in [0.5, 0.6) is 0 Å². The summed E-state index contributed by atoms with van der Waals surface area (Å²) in [4.78, 5) is 4.24. The quantitative estimate of drug-likeness (QED) is 0.662.